The molecule has 2 fully saturated rings. The molecule has 2 heterocycles. The standard InChI is InChI=1S/C12H22O3S/c1-15-7-3-6-12(13)8-10-4-2-5-11(9-12)16(10)14/h10-11,13H,2-9H2,1H3. The zero-order valence-corrected chi connectivity index (χ0v) is 10.8. The Kier molecular flexibility index (Phi) is 4.03. The summed E-state index contributed by atoms with van der Waals surface area (Å²) in [4.78, 5) is 0. The highest BCUT2D eigenvalue weighted by Gasteiger charge is 2.44. The monoisotopic (exact) mass is 246 g/mol. The zero-order chi connectivity index (χ0) is 11.6. The van der Waals surface area contributed by atoms with Gasteiger partial charge in [-0.15, -0.1) is 0 Å². The van der Waals surface area contributed by atoms with Gasteiger partial charge in [-0.25, -0.2) is 0 Å². The van der Waals surface area contributed by atoms with Gasteiger partial charge < -0.3 is 9.84 Å². The molecule has 0 aromatic heterocycles. The predicted octanol–water partition coefficient (Wildman–Crippen LogP) is 1.61. The molecule has 2 rings (SSSR count). The highest BCUT2D eigenvalue weighted by atomic mass is 32.2. The van der Waals surface area contributed by atoms with Crippen molar-refractivity contribution >= 4 is 10.8 Å². The summed E-state index contributed by atoms with van der Waals surface area (Å²) >= 11 is 0. The van der Waals surface area contributed by atoms with Gasteiger partial charge in [-0.2, -0.15) is 0 Å². The Bertz CT molecular complexity index is 251. The van der Waals surface area contributed by atoms with Crippen molar-refractivity contribution in [2.24, 2.45) is 0 Å². The van der Waals surface area contributed by atoms with Gasteiger partial charge in [0.2, 0.25) is 0 Å². The Labute approximate surface area is 100 Å². The lowest BCUT2D eigenvalue weighted by molar-refractivity contribution is -0.00373. The summed E-state index contributed by atoms with van der Waals surface area (Å²) in [7, 11) is 1.01. The predicted molar refractivity (Wildman–Crippen MR) is 64.9 cm³/mol. The maximum absolute atomic E-state index is 12.0. The Morgan fingerprint density at radius 3 is 2.56 bits per heavy atom. The summed E-state index contributed by atoms with van der Waals surface area (Å²) < 4.78 is 17.0. The van der Waals surface area contributed by atoms with Gasteiger partial charge in [-0.3, -0.25) is 4.21 Å². The van der Waals surface area contributed by atoms with Crippen molar-refractivity contribution in [2.45, 2.75) is 61.0 Å². The Morgan fingerprint density at radius 2 is 2.00 bits per heavy atom. The van der Waals surface area contributed by atoms with Crippen molar-refractivity contribution in [1.29, 1.82) is 0 Å². The SMILES string of the molecule is COCCCC1(O)CC2CCCC(C1)S2=O. The van der Waals surface area contributed by atoms with Crippen LogP contribution in [0.5, 0.6) is 0 Å². The molecule has 0 radical (unpaired) electrons. The largest absolute Gasteiger partial charge is 0.390 e. The van der Waals surface area contributed by atoms with Gasteiger partial charge >= 0.3 is 0 Å². The van der Waals surface area contributed by atoms with E-state index in [1.54, 1.807) is 7.11 Å². The van der Waals surface area contributed by atoms with E-state index in [1.165, 1.54) is 6.42 Å². The molecule has 2 bridgehead atoms. The van der Waals surface area contributed by atoms with E-state index in [0.717, 1.165) is 38.5 Å². The van der Waals surface area contributed by atoms with Gasteiger partial charge in [0.1, 0.15) is 0 Å². The second kappa shape index (κ2) is 5.15. The first-order valence-corrected chi connectivity index (χ1v) is 7.53. The van der Waals surface area contributed by atoms with Gasteiger partial charge in [0, 0.05) is 35.0 Å². The number of methoxy groups -OCH3 is 1. The summed E-state index contributed by atoms with van der Waals surface area (Å²) in [6.45, 7) is 0.709. The van der Waals surface area contributed by atoms with Crippen molar-refractivity contribution in [1.82, 2.24) is 0 Å². The molecule has 0 amide bonds. The normalized spacial score (nSPS) is 43.2. The molecule has 2 unspecified atom stereocenters. The maximum atomic E-state index is 12.0. The molecule has 3 nitrogen and oxygen atoms in total. The van der Waals surface area contributed by atoms with Gasteiger partial charge in [0.15, 0.2) is 0 Å². The quantitative estimate of drug-likeness (QED) is 0.767. The molecular formula is C12H22O3S. The van der Waals surface area contributed by atoms with E-state index in [-0.39, 0.29) is 10.5 Å². The van der Waals surface area contributed by atoms with Crippen molar-refractivity contribution in [3.8, 4) is 0 Å². The fourth-order valence-corrected chi connectivity index (χ4v) is 5.42. The molecule has 0 aliphatic carbocycles. The molecular weight excluding hydrogens is 224 g/mol. The molecule has 0 aromatic carbocycles. The van der Waals surface area contributed by atoms with Crippen LogP contribution in [0.25, 0.3) is 0 Å². The van der Waals surface area contributed by atoms with Crippen LogP contribution < -0.4 is 0 Å². The fourth-order valence-electron chi connectivity index (χ4n) is 3.13. The van der Waals surface area contributed by atoms with E-state index >= 15 is 0 Å². The summed E-state index contributed by atoms with van der Waals surface area (Å²) in [5, 5.41) is 11.0. The number of fused-ring (bicyclic) bond motifs is 2. The lowest BCUT2D eigenvalue weighted by Gasteiger charge is -2.43. The second-order valence-corrected chi connectivity index (χ2v) is 7.22. The Hall–Kier alpha value is 0.0700. The molecule has 2 aliphatic rings. The van der Waals surface area contributed by atoms with Crippen molar-refractivity contribution in [3.63, 3.8) is 0 Å². The van der Waals surface area contributed by atoms with Crippen LogP contribution in [0.15, 0.2) is 0 Å². The van der Waals surface area contributed by atoms with Crippen LogP contribution in [0.2, 0.25) is 0 Å². The van der Waals surface area contributed by atoms with E-state index in [0.29, 0.717) is 6.61 Å². The third kappa shape index (κ3) is 2.66. The highest BCUT2D eigenvalue weighted by molar-refractivity contribution is 7.86. The van der Waals surface area contributed by atoms with Crippen LogP contribution in [0, 0.1) is 0 Å². The number of hydrogen-bond acceptors (Lipinski definition) is 3. The first-order chi connectivity index (χ1) is 7.64. The van der Waals surface area contributed by atoms with Crippen LogP contribution in [0.1, 0.15) is 44.9 Å². The van der Waals surface area contributed by atoms with Crippen LogP contribution in [0.4, 0.5) is 0 Å². The second-order valence-electron chi connectivity index (χ2n) is 5.23. The Balaban J connectivity index is 1.94. The smallest absolute Gasteiger partial charge is 0.0671 e. The summed E-state index contributed by atoms with van der Waals surface area (Å²) in [5.41, 5.74) is -0.567. The molecule has 0 aromatic rings. The van der Waals surface area contributed by atoms with E-state index in [1.807, 2.05) is 0 Å². The molecule has 0 spiro atoms. The average Bonchev–Trinajstić information content (AvgIpc) is 2.21. The third-order valence-electron chi connectivity index (χ3n) is 3.92. The van der Waals surface area contributed by atoms with Gasteiger partial charge in [0.05, 0.1) is 5.60 Å². The fraction of sp³-hybridized carbons (Fsp3) is 1.00. The number of hydrogen-bond donors (Lipinski definition) is 1. The lowest BCUT2D eigenvalue weighted by Crippen LogP contribution is -2.49. The number of ether oxygens (including phenoxy) is 1. The Morgan fingerprint density at radius 1 is 1.38 bits per heavy atom. The van der Waals surface area contributed by atoms with Crippen LogP contribution in [0.3, 0.4) is 0 Å². The molecule has 4 heteroatoms. The van der Waals surface area contributed by atoms with E-state index in [2.05, 4.69) is 0 Å². The summed E-state index contributed by atoms with van der Waals surface area (Å²) in [6.07, 6.45) is 6.43. The molecule has 2 aliphatic heterocycles. The summed E-state index contributed by atoms with van der Waals surface area (Å²) in [5.74, 6) is 0. The first kappa shape index (κ1) is 12.5. The molecule has 2 saturated heterocycles. The lowest BCUT2D eigenvalue weighted by atomic mass is 9.82. The van der Waals surface area contributed by atoms with E-state index < -0.39 is 16.4 Å². The zero-order valence-electron chi connectivity index (χ0n) is 9.98. The number of aliphatic hydroxyl groups is 1. The van der Waals surface area contributed by atoms with E-state index in [9.17, 15) is 9.32 Å². The van der Waals surface area contributed by atoms with Crippen LogP contribution >= 0.6 is 0 Å². The minimum atomic E-state index is -0.681. The minimum absolute atomic E-state index is 0.250. The van der Waals surface area contributed by atoms with Crippen molar-refractivity contribution in [2.75, 3.05) is 13.7 Å². The first-order valence-electron chi connectivity index (χ1n) is 6.25. The molecule has 2 atom stereocenters. The van der Waals surface area contributed by atoms with Gasteiger partial charge in [-0.05, 0) is 38.5 Å². The molecule has 16 heavy (non-hydrogen) atoms. The van der Waals surface area contributed by atoms with Gasteiger partial charge in [0.25, 0.3) is 0 Å². The van der Waals surface area contributed by atoms with Crippen molar-refractivity contribution in [3.05, 3.63) is 0 Å². The van der Waals surface area contributed by atoms with Gasteiger partial charge in [-0.1, -0.05) is 6.42 Å². The highest BCUT2D eigenvalue weighted by Crippen LogP contribution is 2.41. The average molecular weight is 246 g/mol. The summed E-state index contributed by atoms with van der Waals surface area (Å²) in [6, 6.07) is 0. The molecule has 94 valence electrons. The topological polar surface area (TPSA) is 46.5 Å². The minimum Gasteiger partial charge on any atom is -0.390 e. The third-order valence-corrected chi connectivity index (χ3v) is 6.03. The van der Waals surface area contributed by atoms with E-state index in [4.69, 9.17) is 4.74 Å². The number of rotatable bonds is 4. The maximum Gasteiger partial charge on any atom is 0.0671 e. The molecule has 0 saturated carbocycles. The van der Waals surface area contributed by atoms with Crippen LogP contribution in [-0.2, 0) is 15.5 Å². The van der Waals surface area contributed by atoms with Crippen LogP contribution in [-0.4, -0.2) is 39.1 Å². The van der Waals surface area contributed by atoms with Crippen molar-refractivity contribution < 1.29 is 14.1 Å². The molecule has 1 N–H and O–H groups in total.